The lowest BCUT2D eigenvalue weighted by atomic mass is 9.95. The predicted octanol–water partition coefficient (Wildman–Crippen LogP) is 4.33. The van der Waals surface area contributed by atoms with E-state index in [0.717, 1.165) is 6.54 Å². The Morgan fingerprint density at radius 1 is 1.05 bits per heavy atom. The first-order valence-corrected chi connectivity index (χ1v) is 7.31. The molecule has 1 atom stereocenters. The number of benzene rings is 2. The van der Waals surface area contributed by atoms with Gasteiger partial charge in [0.1, 0.15) is 0 Å². The summed E-state index contributed by atoms with van der Waals surface area (Å²) in [4.78, 5) is 0. The van der Waals surface area contributed by atoms with E-state index < -0.39 is 0 Å². The van der Waals surface area contributed by atoms with Crippen LogP contribution in [0.5, 0.6) is 0 Å². The number of aryl methyl sites for hydroxylation is 3. The summed E-state index contributed by atoms with van der Waals surface area (Å²) in [6, 6.07) is 14.7. The van der Waals surface area contributed by atoms with Gasteiger partial charge in [0.2, 0.25) is 0 Å². The van der Waals surface area contributed by atoms with Crippen molar-refractivity contribution in [3.8, 4) is 6.07 Å². The normalized spacial score (nSPS) is 12.0. The van der Waals surface area contributed by atoms with E-state index in [0.29, 0.717) is 11.6 Å². The monoisotopic (exact) mass is 278 g/mol. The molecule has 0 aliphatic rings. The summed E-state index contributed by atoms with van der Waals surface area (Å²) in [7, 11) is 0. The summed E-state index contributed by atoms with van der Waals surface area (Å²) in [5.74, 6) is 0. The second-order valence-corrected chi connectivity index (χ2v) is 5.72. The largest absolute Gasteiger partial charge is 0.306 e. The Morgan fingerprint density at radius 3 is 2.14 bits per heavy atom. The molecular formula is C19H22N2. The topological polar surface area (TPSA) is 35.8 Å². The average Bonchev–Trinajstić information content (AvgIpc) is 2.44. The first kappa shape index (κ1) is 15.3. The highest BCUT2D eigenvalue weighted by molar-refractivity contribution is 5.39. The van der Waals surface area contributed by atoms with Crippen molar-refractivity contribution in [3.63, 3.8) is 0 Å². The molecule has 0 fully saturated rings. The SMILES string of the molecule is Cc1cc(C)c(C(C)NCc2ccc(C#N)cc2)c(C)c1. The maximum atomic E-state index is 8.81. The van der Waals surface area contributed by atoms with Gasteiger partial charge in [-0.25, -0.2) is 0 Å². The lowest BCUT2D eigenvalue weighted by molar-refractivity contribution is 0.569. The first-order chi connectivity index (χ1) is 10.0. The van der Waals surface area contributed by atoms with Crippen LogP contribution < -0.4 is 5.32 Å². The van der Waals surface area contributed by atoms with E-state index in [4.69, 9.17) is 5.26 Å². The fraction of sp³-hybridized carbons (Fsp3) is 0.316. The van der Waals surface area contributed by atoms with Crippen LogP contribution in [-0.4, -0.2) is 0 Å². The van der Waals surface area contributed by atoms with Gasteiger partial charge in [-0.1, -0.05) is 29.8 Å². The van der Waals surface area contributed by atoms with Crippen LogP contribution in [0.25, 0.3) is 0 Å². The first-order valence-electron chi connectivity index (χ1n) is 7.31. The molecule has 2 heteroatoms. The van der Waals surface area contributed by atoms with E-state index in [9.17, 15) is 0 Å². The van der Waals surface area contributed by atoms with Crippen LogP contribution in [0.15, 0.2) is 36.4 Å². The Balaban J connectivity index is 2.08. The van der Waals surface area contributed by atoms with Crippen LogP contribution in [0.3, 0.4) is 0 Å². The molecule has 0 spiro atoms. The molecule has 0 aliphatic heterocycles. The molecule has 1 unspecified atom stereocenters. The third-order valence-corrected chi connectivity index (χ3v) is 3.87. The van der Waals surface area contributed by atoms with E-state index in [1.807, 2.05) is 24.3 Å². The third kappa shape index (κ3) is 3.71. The Morgan fingerprint density at radius 2 is 1.62 bits per heavy atom. The zero-order valence-corrected chi connectivity index (χ0v) is 13.2. The summed E-state index contributed by atoms with van der Waals surface area (Å²) in [6.07, 6.45) is 0. The van der Waals surface area contributed by atoms with Crippen LogP contribution in [0.4, 0.5) is 0 Å². The molecular weight excluding hydrogens is 256 g/mol. The van der Waals surface area contributed by atoms with Gasteiger partial charge in [-0.3, -0.25) is 0 Å². The Bertz CT molecular complexity index is 640. The second kappa shape index (κ2) is 6.56. The minimum absolute atomic E-state index is 0.307. The lowest BCUT2D eigenvalue weighted by Gasteiger charge is -2.20. The van der Waals surface area contributed by atoms with Crippen LogP contribution in [0.2, 0.25) is 0 Å². The molecule has 0 amide bonds. The molecule has 21 heavy (non-hydrogen) atoms. The van der Waals surface area contributed by atoms with Gasteiger partial charge in [0, 0.05) is 12.6 Å². The molecule has 1 N–H and O–H groups in total. The van der Waals surface area contributed by atoms with Gasteiger partial charge in [0.05, 0.1) is 11.6 Å². The molecule has 2 nitrogen and oxygen atoms in total. The van der Waals surface area contributed by atoms with E-state index in [2.05, 4.69) is 51.2 Å². The van der Waals surface area contributed by atoms with Crippen molar-refractivity contribution in [1.29, 1.82) is 5.26 Å². The fourth-order valence-corrected chi connectivity index (χ4v) is 2.94. The summed E-state index contributed by atoms with van der Waals surface area (Å²) in [5.41, 5.74) is 7.28. The van der Waals surface area contributed by atoms with Gasteiger partial charge in [-0.2, -0.15) is 5.26 Å². The zero-order chi connectivity index (χ0) is 15.4. The molecule has 0 radical (unpaired) electrons. The molecule has 0 aliphatic carbocycles. The fourth-order valence-electron chi connectivity index (χ4n) is 2.94. The summed E-state index contributed by atoms with van der Waals surface area (Å²) in [6.45, 7) is 9.50. The molecule has 0 aromatic heterocycles. The van der Waals surface area contributed by atoms with Crippen molar-refractivity contribution in [2.24, 2.45) is 0 Å². The smallest absolute Gasteiger partial charge is 0.0991 e. The second-order valence-electron chi connectivity index (χ2n) is 5.72. The highest BCUT2D eigenvalue weighted by Crippen LogP contribution is 2.23. The lowest BCUT2D eigenvalue weighted by Crippen LogP contribution is -2.20. The van der Waals surface area contributed by atoms with Gasteiger partial charge < -0.3 is 5.32 Å². The van der Waals surface area contributed by atoms with E-state index in [-0.39, 0.29) is 0 Å². The molecule has 0 heterocycles. The maximum absolute atomic E-state index is 8.81. The van der Waals surface area contributed by atoms with Crippen molar-refractivity contribution in [2.75, 3.05) is 0 Å². The third-order valence-electron chi connectivity index (χ3n) is 3.87. The van der Waals surface area contributed by atoms with Crippen LogP contribution in [-0.2, 0) is 6.54 Å². The zero-order valence-electron chi connectivity index (χ0n) is 13.2. The number of nitrogens with zero attached hydrogens (tertiary/aromatic N) is 1. The van der Waals surface area contributed by atoms with Gasteiger partial charge >= 0.3 is 0 Å². The minimum atomic E-state index is 0.307. The molecule has 2 rings (SSSR count). The molecule has 2 aromatic carbocycles. The molecule has 2 aromatic rings. The molecule has 0 bridgehead atoms. The molecule has 108 valence electrons. The maximum Gasteiger partial charge on any atom is 0.0991 e. The van der Waals surface area contributed by atoms with Crippen LogP contribution in [0, 0.1) is 32.1 Å². The van der Waals surface area contributed by atoms with Crippen molar-refractivity contribution in [1.82, 2.24) is 5.32 Å². The Hall–Kier alpha value is -2.11. The predicted molar refractivity (Wildman–Crippen MR) is 87.1 cm³/mol. The van der Waals surface area contributed by atoms with Crippen molar-refractivity contribution < 1.29 is 0 Å². The molecule has 0 saturated heterocycles. The number of hydrogen-bond donors (Lipinski definition) is 1. The van der Waals surface area contributed by atoms with Gasteiger partial charge in [0.25, 0.3) is 0 Å². The Kier molecular flexibility index (Phi) is 4.77. The number of rotatable bonds is 4. The van der Waals surface area contributed by atoms with Gasteiger partial charge in [-0.15, -0.1) is 0 Å². The number of hydrogen-bond acceptors (Lipinski definition) is 2. The van der Waals surface area contributed by atoms with E-state index in [1.165, 1.54) is 27.8 Å². The Labute approximate surface area is 127 Å². The van der Waals surface area contributed by atoms with E-state index in [1.54, 1.807) is 0 Å². The van der Waals surface area contributed by atoms with Crippen LogP contribution >= 0.6 is 0 Å². The summed E-state index contributed by atoms with van der Waals surface area (Å²) < 4.78 is 0. The van der Waals surface area contributed by atoms with Crippen LogP contribution in [0.1, 0.15) is 46.3 Å². The highest BCUT2D eigenvalue weighted by Gasteiger charge is 2.11. The quantitative estimate of drug-likeness (QED) is 0.903. The summed E-state index contributed by atoms with van der Waals surface area (Å²) in [5, 5.41) is 12.4. The number of nitriles is 1. The van der Waals surface area contributed by atoms with Gasteiger partial charge in [-0.05, 0) is 62.1 Å². The number of nitrogens with one attached hydrogen (secondary N) is 1. The van der Waals surface area contributed by atoms with Crippen molar-refractivity contribution >= 4 is 0 Å². The minimum Gasteiger partial charge on any atom is -0.306 e. The average molecular weight is 278 g/mol. The summed E-state index contributed by atoms with van der Waals surface area (Å²) >= 11 is 0. The van der Waals surface area contributed by atoms with Crippen molar-refractivity contribution in [2.45, 2.75) is 40.3 Å². The van der Waals surface area contributed by atoms with Crippen molar-refractivity contribution in [3.05, 3.63) is 69.8 Å². The van der Waals surface area contributed by atoms with E-state index >= 15 is 0 Å². The van der Waals surface area contributed by atoms with Gasteiger partial charge in [0.15, 0.2) is 0 Å². The highest BCUT2D eigenvalue weighted by atomic mass is 14.9. The molecule has 0 saturated carbocycles. The standard InChI is InChI=1S/C19H22N2/c1-13-9-14(2)19(15(3)10-13)16(4)21-12-18-7-5-17(11-20)6-8-18/h5-10,16,21H,12H2,1-4H3.